The molecule has 37 heavy (non-hydrogen) atoms. The number of carbonyl (C=O) groups excluding carboxylic acids is 3. The number of hydrogen-bond acceptors (Lipinski definition) is 4. The van der Waals surface area contributed by atoms with Crippen LogP contribution in [-0.4, -0.2) is 29.3 Å². The number of nitrogens with zero attached hydrogens (tertiary/aromatic N) is 1. The molecule has 2 N–H and O–H groups in total. The molecule has 1 heterocycles. The van der Waals surface area contributed by atoms with Gasteiger partial charge in [0.1, 0.15) is 24.6 Å². The number of urea groups is 1. The molecule has 4 amide bonds. The first-order valence-corrected chi connectivity index (χ1v) is 12.9. The molecule has 0 saturated carbocycles. The van der Waals surface area contributed by atoms with Crippen LogP contribution < -0.4 is 15.4 Å². The summed E-state index contributed by atoms with van der Waals surface area (Å²) in [6, 6.07) is 17.1. The van der Waals surface area contributed by atoms with Gasteiger partial charge in [-0.2, -0.15) is 0 Å². The number of rotatable bonds is 8. The number of anilines is 1. The van der Waals surface area contributed by atoms with Gasteiger partial charge in [0.2, 0.25) is 5.91 Å². The highest BCUT2D eigenvalue weighted by atomic mass is 79.9. The van der Waals surface area contributed by atoms with Crippen LogP contribution in [0.2, 0.25) is 10.0 Å². The van der Waals surface area contributed by atoms with Gasteiger partial charge in [-0.25, -0.2) is 9.69 Å². The average Bonchev–Trinajstić information content (AvgIpc) is 3.12. The molecule has 190 valence electrons. The SMILES string of the molecule is CCc1ccccc1NC(=O)CN1C(=O)N/C(=C/c2cc(Br)ccc2OCc2ccc(Cl)cc2Cl)C1=O. The zero-order chi connectivity index (χ0) is 26.5. The quantitative estimate of drug-likeness (QED) is 0.230. The summed E-state index contributed by atoms with van der Waals surface area (Å²) in [6.45, 7) is 1.72. The molecular weight excluding hydrogens is 581 g/mol. The van der Waals surface area contributed by atoms with Gasteiger partial charge in [-0.05, 0) is 54.5 Å². The third kappa shape index (κ3) is 6.52. The molecule has 3 aromatic carbocycles. The number of para-hydroxylation sites is 1. The molecule has 7 nitrogen and oxygen atoms in total. The number of amides is 4. The monoisotopic (exact) mass is 601 g/mol. The minimum Gasteiger partial charge on any atom is -0.488 e. The smallest absolute Gasteiger partial charge is 0.329 e. The third-order valence-corrected chi connectivity index (χ3v) is 6.69. The van der Waals surface area contributed by atoms with Crippen LogP contribution in [0.15, 0.2) is 70.8 Å². The van der Waals surface area contributed by atoms with E-state index in [0.29, 0.717) is 27.0 Å². The number of imide groups is 1. The fourth-order valence-corrected chi connectivity index (χ4v) is 4.55. The Hall–Kier alpha value is -3.33. The van der Waals surface area contributed by atoms with Gasteiger partial charge < -0.3 is 15.4 Å². The predicted octanol–water partition coefficient (Wildman–Crippen LogP) is 6.43. The number of carbonyl (C=O) groups is 3. The second-order valence-corrected chi connectivity index (χ2v) is 9.90. The molecule has 0 unspecified atom stereocenters. The van der Waals surface area contributed by atoms with Crippen molar-refractivity contribution in [3.63, 3.8) is 0 Å². The molecule has 1 fully saturated rings. The molecule has 4 rings (SSSR count). The lowest BCUT2D eigenvalue weighted by Gasteiger charge is -2.14. The van der Waals surface area contributed by atoms with Crippen molar-refractivity contribution in [1.29, 1.82) is 0 Å². The van der Waals surface area contributed by atoms with Crippen molar-refractivity contribution in [1.82, 2.24) is 10.2 Å². The van der Waals surface area contributed by atoms with Crippen molar-refractivity contribution < 1.29 is 19.1 Å². The Labute approximate surface area is 232 Å². The van der Waals surface area contributed by atoms with Gasteiger partial charge in [0.05, 0.1) is 0 Å². The van der Waals surface area contributed by atoms with Crippen LogP contribution in [0, 0.1) is 0 Å². The summed E-state index contributed by atoms with van der Waals surface area (Å²) >= 11 is 15.6. The summed E-state index contributed by atoms with van der Waals surface area (Å²) in [5, 5.41) is 6.31. The summed E-state index contributed by atoms with van der Waals surface area (Å²) in [4.78, 5) is 39.0. The van der Waals surface area contributed by atoms with Gasteiger partial charge in [0, 0.05) is 31.3 Å². The van der Waals surface area contributed by atoms with E-state index in [9.17, 15) is 14.4 Å². The Bertz CT molecular complexity index is 1410. The second kappa shape index (κ2) is 11.8. The maximum Gasteiger partial charge on any atom is 0.329 e. The lowest BCUT2D eigenvalue weighted by atomic mass is 10.1. The fraction of sp³-hybridized carbons (Fsp3) is 0.148. The first kappa shape index (κ1) is 26.7. The predicted molar refractivity (Wildman–Crippen MR) is 148 cm³/mol. The molecule has 0 aromatic heterocycles. The van der Waals surface area contributed by atoms with Crippen molar-refractivity contribution in [2.75, 3.05) is 11.9 Å². The van der Waals surface area contributed by atoms with Crippen molar-refractivity contribution in [2.45, 2.75) is 20.0 Å². The molecule has 0 aliphatic carbocycles. The summed E-state index contributed by atoms with van der Waals surface area (Å²) in [7, 11) is 0. The molecule has 0 bridgehead atoms. The first-order chi connectivity index (χ1) is 17.7. The van der Waals surface area contributed by atoms with E-state index < -0.39 is 24.4 Å². The Morgan fingerprint density at radius 1 is 1.08 bits per heavy atom. The van der Waals surface area contributed by atoms with E-state index in [-0.39, 0.29) is 12.3 Å². The molecule has 0 radical (unpaired) electrons. The Morgan fingerprint density at radius 2 is 1.86 bits per heavy atom. The van der Waals surface area contributed by atoms with Gasteiger partial charge in [0.15, 0.2) is 0 Å². The van der Waals surface area contributed by atoms with Crippen LogP contribution in [-0.2, 0) is 22.6 Å². The highest BCUT2D eigenvalue weighted by molar-refractivity contribution is 9.10. The van der Waals surface area contributed by atoms with Crippen LogP contribution in [0.4, 0.5) is 10.5 Å². The van der Waals surface area contributed by atoms with Gasteiger partial charge >= 0.3 is 6.03 Å². The maximum atomic E-state index is 13.0. The molecule has 3 aromatic rings. The highest BCUT2D eigenvalue weighted by Crippen LogP contribution is 2.29. The topological polar surface area (TPSA) is 87.7 Å². The van der Waals surface area contributed by atoms with E-state index in [0.717, 1.165) is 26.9 Å². The van der Waals surface area contributed by atoms with Crippen molar-refractivity contribution in [3.8, 4) is 5.75 Å². The standard InChI is InChI=1S/C27H22BrCl2N3O4/c1-2-16-5-3-4-6-22(16)31-25(34)14-33-26(35)23(32-27(33)36)12-18-11-19(28)8-10-24(18)37-15-17-7-9-20(29)13-21(17)30/h3-13H,2,14-15H2,1H3,(H,31,34)(H,32,36)/b23-12+. The summed E-state index contributed by atoms with van der Waals surface area (Å²) < 4.78 is 6.71. The summed E-state index contributed by atoms with van der Waals surface area (Å²) in [5.41, 5.74) is 2.91. The highest BCUT2D eigenvalue weighted by Gasteiger charge is 2.35. The summed E-state index contributed by atoms with van der Waals surface area (Å²) in [5.74, 6) is -0.622. The van der Waals surface area contributed by atoms with Crippen LogP contribution in [0.1, 0.15) is 23.6 Å². The normalized spacial score (nSPS) is 14.2. The van der Waals surface area contributed by atoms with E-state index >= 15 is 0 Å². The fourth-order valence-electron chi connectivity index (χ4n) is 3.71. The Kier molecular flexibility index (Phi) is 8.53. The third-order valence-electron chi connectivity index (χ3n) is 5.61. The van der Waals surface area contributed by atoms with E-state index in [2.05, 4.69) is 26.6 Å². The van der Waals surface area contributed by atoms with Crippen LogP contribution in [0.25, 0.3) is 6.08 Å². The number of ether oxygens (including phenoxy) is 1. The molecule has 1 aliphatic rings. The number of benzene rings is 3. The van der Waals surface area contributed by atoms with E-state index in [1.807, 2.05) is 25.1 Å². The molecule has 0 spiro atoms. The zero-order valence-corrected chi connectivity index (χ0v) is 22.8. The van der Waals surface area contributed by atoms with Crippen LogP contribution in [0.3, 0.4) is 0 Å². The van der Waals surface area contributed by atoms with E-state index in [1.54, 1.807) is 42.5 Å². The number of hydrogen-bond donors (Lipinski definition) is 2. The second-order valence-electron chi connectivity index (χ2n) is 8.14. The Balaban J connectivity index is 1.49. The van der Waals surface area contributed by atoms with Crippen LogP contribution in [0.5, 0.6) is 5.75 Å². The molecule has 1 aliphatic heterocycles. The zero-order valence-electron chi connectivity index (χ0n) is 19.7. The van der Waals surface area contributed by atoms with Gasteiger partial charge in [0.25, 0.3) is 5.91 Å². The number of aryl methyl sites for hydroxylation is 1. The number of nitrogens with one attached hydrogen (secondary N) is 2. The maximum absolute atomic E-state index is 13.0. The molecule has 1 saturated heterocycles. The minimum atomic E-state index is -0.680. The summed E-state index contributed by atoms with van der Waals surface area (Å²) in [6.07, 6.45) is 2.24. The van der Waals surface area contributed by atoms with Gasteiger partial charge in [-0.3, -0.25) is 9.59 Å². The van der Waals surface area contributed by atoms with Crippen molar-refractivity contribution >= 4 is 68.7 Å². The van der Waals surface area contributed by atoms with Gasteiger partial charge in [-0.1, -0.05) is 70.3 Å². The lowest BCUT2D eigenvalue weighted by Crippen LogP contribution is -2.38. The largest absolute Gasteiger partial charge is 0.488 e. The minimum absolute atomic E-state index is 0.0271. The van der Waals surface area contributed by atoms with Crippen molar-refractivity contribution in [2.24, 2.45) is 0 Å². The first-order valence-electron chi connectivity index (χ1n) is 11.3. The Morgan fingerprint density at radius 3 is 2.62 bits per heavy atom. The van der Waals surface area contributed by atoms with Gasteiger partial charge in [-0.15, -0.1) is 0 Å². The molecular formula is C27H22BrCl2N3O4. The molecule has 10 heteroatoms. The van der Waals surface area contributed by atoms with E-state index in [4.69, 9.17) is 27.9 Å². The van der Waals surface area contributed by atoms with Crippen LogP contribution >= 0.6 is 39.1 Å². The molecule has 0 atom stereocenters. The van der Waals surface area contributed by atoms with E-state index in [1.165, 1.54) is 6.08 Å². The lowest BCUT2D eigenvalue weighted by molar-refractivity contribution is -0.127. The number of halogens is 3. The average molecular weight is 603 g/mol. The van der Waals surface area contributed by atoms with Crippen molar-refractivity contribution in [3.05, 3.63) is 97.6 Å².